The van der Waals surface area contributed by atoms with E-state index in [9.17, 15) is 13.2 Å². The third kappa shape index (κ3) is 6.12. The Hall–Kier alpha value is -0.330. The van der Waals surface area contributed by atoms with Crippen LogP contribution < -0.4 is 5.32 Å². The van der Waals surface area contributed by atoms with Crippen molar-refractivity contribution in [2.75, 3.05) is 39.8 Å². The Balaban J connectivity index is 1.56. The fourth-order valence-electron chi connectivity index (χ4n) is 3.52. The lowest BCUT2D eigenvalue weighted by molar-refractivity contribution is -0.148. The summed E-state index contributed by atoms with van der Waals surface area (Å²) in [6.45, 7) is 2.32. The number of rotatable bonds is 6. The molecule has 0 aromatic carbocycles. The van der Waals surface area contributed by atoms with Gasteiger partial charge in [0.05, 0.1) is 6.54 Å². The number of alkyl halides is 3. The van der Waals surface area contributed by atoms with Crippen LogP contribution in [0.2, 0.25) is 0 Å². The monoisotopic (exact) mass is 307 g/mol. The van der Waals surface area contributed by atoms with Crippen LogP contribution in [0.15, 0.2) is 0 Å². The van der Waals surface area contributed by atoms with Crippen molar-refractivity contribution in [3.63, 3.8) is 0 Å². The number of likely N-dealkylation sites (tertiary alicyclic amines) is 1. The quantitative estimate of drug-likeness (QED) is 0.813. The molecule has 0 unspecified atom stereocenters. The zero-order valence-corrected chi connectivity index (χ0v) is 13.0. The molecule has 2 fully saturated rings. The van der Waals surface area contributed by atoms with E-state index in [1.54, 1.807) is 0 Å². The molecule has 0 aromatic rings. The summed E-state index contributed by atoms with van der Waals surface area (Å²) in [6.07, 6.45) is 2.90. The molecule has 124 valence electrons. The molecule has 0 atom stereocenters. The van der Waals surface area contributed by atoms with E-state index >= 15 is 0 Å². The van der Waals surface area contributed by atoms with Crippen molar-refractivity contribution in [2.45, 2.75) is 56.8 Å². The van der Waals surface area contributed by atoms with E-state index in [-0.39, 0.29) is 0 Å². The summed E-state index contributed by atoms with van der Waals surface area (Å²) >= 11 is 0. The highest BCUT2D eigenvalue weighted by atomic mass is 19.4. The van der Waals surface area contributed by atoms with Crippen LogP contribution in [0.1, 0.15) is 38.5 Å². The maximum absolute atomic E-state index is 12.3. The number of likely N-dealkylation sites (N-methyl/N-ethyl adjacent to an activating group) is 1. The highest BCUT2D eigenvalue weighted by molar-refractivity contribution is 4.80. The zero-order chi connectivity index (χ0) is 15.3. The lowest BCUT2D eigenvalue weighted by Crippen LogP contribution is -2.47. The van der Waals surface area contributed by atoms with Crippen LogP contribution in [0, 0.1) is 0 Å². The van der Waals surface area contributed by atoms with Gasteiger partial charge in [0.1, 0.15) is 0 Å². The van der Waals surface area contributed by atoms with Gasteiger partial charge >= 0.3 is 6.18 Å². The maximum atomic E-state index is 12.3. The maximum Gasteiger partial charge on any atom is 0.401 e. The van der Waals surface area contributed by atoms with Gasteiger partial charge in [-0.05, 0) is 45.8 Å². The second-order valence-corrected chi connectivity index (χ2v) is 6.54. The van der Waals surface area contributed by atoms with Gasteiger partial charge < -0.3 is 10.2 Å². The van der Waals surface area contributed by atoms with Crippen LogP contribution >= 0.6 is 0 Å². The number of nitrogens with zero attached hydrogens (tertiary/aromatic N) is 2. The molecule has 0 radical (unpaired) electrons. The lowest BCUT2D eigenvalue weighted by atomic mass is 10.1. The average Bonchev–Trinajstić information content (AvgIpc) is 2.93. The van der Waals surface area contributed by atoms with Gasteiger partial charge in [0, 0.05) is 25.2 Å². The van der Waals surface area contributed by atoms with Crippen molar-refractivity contribution >= 4 is 0 Å². The third-order valence-corrected chi connectivity index (χ3v) is 4.84. The third-order valence-electron chi connectivity index (χ3n) is 4.84. The Morgan fingerprint density at radius 1 is 1.10 bits per heavy atom. The van der Waals surface area contributed by atoms with Crippen molar-refractivity contribution in [1.82, 2.24) is 15.1 Å². The SMILES string of the molecule is CN(CCNC1CCN(CC(F)(F)F)CC1)C1CCCC1. The second kappa shape index (κ2) is 7.79. The summed E-state index contributed by atoms with van der Waals surface area (Å²) in [6, 6.07) is 1.12. The summed E-state index contributed by atoms with van der Waals surface area (Å²) in [5, 5.41) is 3.51. The van der Waals surface area contributed by atoms with E-state index < -0.39 is 12.7 Å². The summed E-state index contributed by atoms with van der Waals surface area (Å²) < 4.78 is 36.9. The van der Waals surface area contributed by atoms with Crippen molar-refractivity contribution in [2.24, 2.45) is 0 Å². The highest BCUT2D eigenvalue weighted by Gasteiger charge is 2.32. The molecule has 1 aliphatic heterocycles. The average molecular weight is 307 g/mol. The van der Waals surface area contributed by atoms with Gasteiger partial charge in [0.15, 0.2) is 0 Å². The van der Waals surface area contributed by atoms with E-state index in [1.807, 2.05) is 0 Å². The van der Waals surface area contributed by atoms with Crippen LogP contribution in [-0.2, 0) is 0 Å². The Kier molecular flexibility index (Phi) is 6.32. The fourth-order valence-corrected chi connectivity index (χ4v) is 3.52. The van der Waals surface area contributed by atoms with E-state index in [2.05, 4.69) is 17.3 Å². The van der Waals surface area contributed by atoms with Gasteiger partial charge in [0.25, 0.3) is 0 Å². The van der Waals surface area contributed by atoms with Crippen molar-refractivity contribution in [3.8, 4) is 0 Å². The number of nitrogens with one attached hydrogen (secondary N) is 1. The van der Waals surface area contributed by atoms with Crippen LogP contribution in [0.4, 0.5) is 13.2 Å². The molecule has 2 rings (SSSR count). The molecule has 0 bridgehead atoms. The molecule has 6 heteroatoms. The standard InChI is InChI=1S/C15H28F3N3/c1-20(14-4-2-3-5-14)11-8-19-13-6-9-21(10-7-13)12-15(16,17)18/h13-14,19H,2-12H2,1H3. The molecule has 21 heavy (non-hydrogen) atoms. The number of hydrogen-bond donors (Lipinski definition) is 1. The topological polar surface area (TPSA) is 18.5 Å². The smallest absolute Gasteiger partial charge is 0.313 e. The molecule has 3 nitrogen and oxygen atoms in total. The molecule has 1 N–H and O–H groups in total. The van der Waals surface area contributed by atoms with Gasteiger partial charge in [-0.1, -0.05) is 12.8 Å². The molecule has 2 aliphatic rings. The molecule has 0 amide bonds. The van der Waals surface area contributed by atoms with Gasteiger partial charge in [-0.3, -0.25) is 4.90 Å². The highest BCUT2D eigenvalue weighted by Crippen LogP contribution is 2.22. The first kappa shape index (κ1) is 17.0. The van der Waals surface area contributed by atoms with Crippen LogP contribution in [-0.4, -0.2) is 67.8 Å². The summed E-state index contributed by atoms with van der Waals surface area (Å²) in [5.41, 5.74) is 0. The minimum Gasteiger partial charge on any atom is -0.313 e. The van der Waals surface area contributed by atoms with Crippen molar-refractivity contribution < 1.29 is 13.2 Å². The molecule has 1 aliphatic carbocycles. The van der Waals surface area contributed by atoms with Crippen molar-refractivity contribution in [1.29, 1.82) is 0 Å². The molecule has 1 saturated heterocycles. The largest absolute Gasteiger partial charge is 0.401 e. The molecule has 0 aromatic heterocycles. The second-order valence-electron chi connectivity index (χ2n) is 6.54. The molecule has 1 heterocycles. The van der Waals surface area contributed by atoms with Gasteiger partial charge in [-0.15, -0.1) is 0 Å². The van der Waals surface area contributed by atoms with Crippen LogP contribution in [0.5, 0.6) is 0 Å². The molecule has 0 spiro atoms. The van der Waals surface area contributed by atoms with E-state index in [4.69, 9.17) is 0 Å². The minimum atomic E-state index is -4.07. The van der Waals surface area contributed by atoms with Gasteiger partial charge in [-0.2, -0.15) is 13.2 Å². The summed E-state index contributed by atoms with van der Waals surface area (Å²) in [5.74, 6) is 0. The predicted octanol–water partition coefficient (Wildman–Crippen LogP) is 2.48. The summed E-state index contributed by atoms with van der Waals surface area (Å²) in [7, 11) is 2.18. The Morgan fingerprint density at radius 2 is 1.71 bits per heavy atom. The number of halogens is 3. The number of hydrogen-bond acceptors (Lipinski definition) is 3. The van der Waals surface area contributed by atoms with E-state index in [1.165, 1.54) is 30.6 Å². The van der Waals surface area contributed by atoms with Gasteiger partial charge in [0.2, 0.25) is 0 Å². The van der Waals surface area contributed by atoms with Crippen LogP contribution in [0.3, 0.4) is 0 Å². The predicted molar refractivity (Wildman–Crippen MR) is 78.4 cm³/mol. The van der Waals surface area contributed by atoms with E-state index in [0.29, 0.717) is 19.1 Å². The Labute approximate surface area is 125 Å². The Bertz CT molecular complexity index is 295. The van der Waals surface area contributed by atoms with E-state index in [0.717, 1.165) is 32.0 Å². The zero-order valence-electron chi connectivity index (χ0n) is 13.0. The number of piperidine rings is 1. The molecular formula is C15H28F3N3. The lowest BCUT2D eigenvalue weighted by Gasteiger charge is -2.33. The van der Waals surface area contributed by atoms with Crippen LogP contribution in [0.25, 0.3) is 0 Å². The fraction of sp³-hybridized carbons (Fsp3) is 1.00. The minimum absolute atomic E-state index is 0.381. The normalized spacial score (nSPS) is 23.3. The first-order chi connectivity index (χ1) is 9.94. The first-order valence-electron chi connectivity index (χ1n) is 8.17. The van der Waals surface area contributed by atoms with Gasteiger partial charge in [-0.25, -0.2) is 0 Å². The molecule has 1 saturated carbocycles. The summed E-state index contributed by atoms with van der Waals surface area (Å²) in [4.78, 5) is 3.95. The van der Waals surface area contributed by atoms with Crippen molar-refractivity contribution in [3.05, 3.63) is 0 Å². The first-order valence-corrected chi connectivity index (χ1v) is 8.17. The molecular weight excluding hydrogens is 279 g/mol. The Morgan fingerprint density at radius 3 is 2.29 bits per heavy atom.